The second kappa shape index (κ2) is 6.21. The predicted molar refractivity (Wildman–Crippen MR) is 82.0 cm³/mol. The maximum absolute atomic E-state index is 11.8. The van der Waals surface area contributed by atoms with E-state index in [0.717, 1.165) is 12.2 Å². The number of thiazole rings is 1. The third-order valence-corrected chi connectivity index (χ3v) is 3.96. The fourth-order valence-electron chi connectivity index (χ4n) is 1.43. The normalized spacial score (nSPS) is 12.5. The van der Waals surface area contributed by atoms with E-state index in [9.17, 15) is 4.79 Å². The minimum atomic E-state index is -0.0560. The molecule has 2 heterocycles. The standard InChI is InChI=1S/C12H16N4OS2/c1-8(2)6-14-11(13)19-7-9-5-10(17)16-3-4-18-12(16)15-9/h3-5,8H,6-7H2,1-2H3,(H2,13,14). The van der Waals surface area contributed by atoms with E-state index in [4.69, 9.17) is 5.73 Å². The van der Waals surface area contributed by atoms with E-state index in [1.54, 1.807) is 12.3 Å². The van der Waals surface area contributed by atoms with Gasteiger partial charge in [-0.2, -0.15) is 0 Å². The van der Waals surface area contributed by atoms with Crippen molar-refractivity contribution in [1.29, 1.82) is 0 Å². The highest BCUT2D eigenvalue weighted by Gasteiger charge is 2.04. The summed E-state index contributed by atoms with van der Waals surface area (Å²) >= 11 is 2.86. The molecule has 0 saturated carbocycles. The molecule has 2 aromatic heterocycles. The highest BCUT2D eigenvalue weighted by Crippen LogP contribution is 2.12. The van der Waals surface area contributed by atoms with Gasteiger partial charge in [-0.1, -0.05) is 25.6 Å². The number of hydrogen-bond donors (Lipinski definition) is 1. The van der Waals surface area contributed by atoms with E-state index in [2.05, 4.69) is 23.8 Å². The zero-order chi connectivity index (χ0) is 13.8. The van der Waals surface area contributed by atoms with Gasteiger partial charge in [0.2, 0.25) is 0 Å². The summed E-state index contributed by atoms with van der Waals surface area (Å²) in [5, 5.41) is 2.39. The Morgan fingerprint density at radius 2 is 2.42 bits per heavy atom. The Morgan fingerprint density at radius 3 is 3.16 bits per heavy atom. The predicted octanol–water partition coefficient (Wildman–Crippen LogP) is 1.96. The van der Waals surface area contributed by atoms with Crippen LogP contribution in [-0.4, -0.2) is 21.1 Å². The zero-order valence-corrected chi connectivity index (χ0v) is 12.5. The number of fused-ring (bicyclic) bond motifs is 1. The first-order valence-electron chi connectivity index (χ1n) is 5.95. The molecule has 2 N–H and O–H groups in total. The molecule has 7 heteroatoms. The molecular weight excluding hydrogens is 280 g/mol. The van der Waals surface area contributed by atoms with Crippen LogP contribution in [0.4, 0.5) is 0 Å². The molecule has 0 fully saturated rings. The number of rotatable bonds is 4. The van der Waals surface area contributed by atoms with Crippen molar-refractivity contribution in [2.75, 3.05) is 6.54 Å². The second-order valence-electron chi connectivity index (χ2n) is 4.50. The number of amidine groups is 1. The van der Waals surface area contributed by atoms with Crippen molar-refractivity contribution in [3.05, 3.63) is 33.7 Å². The lowest BCUT2D eigenvalue weighted by atomic mass is 10.2. The Bertz CT molecular complexity index is 644. The summed E-state index contributed by atoms with van der Waals surface area (Å²) in [6.45, 7) is 4.90. The second-order valence-corrected chi connectivity index (χ2v) is 6.37. The molecule has 0 aliphatic heterocycles. The number of thioether (sulfide) groups is 1. The molecule has 5 nitrogen and oxygen atoms in total. The summed E-state index contributed by atoms with van der Waals surface area (Å²) in [5.41, 5.74) is 6.49. The summed E-state index contributed by atoms with van der Waals surface area (Å²) in [4.78, 5) is 21.2. The number of nitrogens with zero attached hydrogens (tertiary/aromatic N) is 3. The Hall–Kier alpha value is -1.34. The molecule has 0 amide bonds. The average molecular weight is 296 g/mol. The molecule has 0 unspecified atom stereocenters. The molecule has 0 atom stereocenters. The topological polar surface area (TPSA) is 72.8 Å². The van der Waals surface area contributed by atoms with Crippen LogP contribution in [-0.2, 0) is 5.75 Å². The van der Waals surface area contributed by atoms with Crippen molar-refractivity contribution in [3.8, 4) is 0 Å². The van der Waals surface area contributed by atoms with Gasteiger partial charge >= 0.3 is 0 Å². The van der Waals surface area contributed by atoms with Gasteiger partial charge in [-0.25, -0.2) is 4.98 Å². The number of aromatic nitrogens is 2. The molecule has 102 valence electrons. The Balaban J connectivity index is 2.05. The molecule has 0 radical (unpaired) electrons. The van der Waals surface area contributed by atoms with Gasteiger partial charge < -0.3 is 5.73 Å². The molecular formula is C12H16N4OS2. The average Bonchev–Trinajstić information content (AvgIpc) is 2.82. The highest BCUT2D eigenvalue weighted by atomic mass is 32.2. The van der Waals surface area contributed by atoms with E-state index >= 15 is 0 Å². The van der Waals surface area contributed by atoms with Crippen LogP contribution in [0.1, 0.15) is 19.5 Å². The highest BCUT2D eigenvalue weighted by molar-refractivity contribution is 8.13. The molecule has 2 rings (SSSR count). The van der Waals surface area contributed by atoms with Gasteiger partial charge in [0.1, 0.15) is 0 Å². The van der Waals surface area contributed by atoms with Crippen LogP contribution in [0.3, 0.4) is 0 Å². The number of nitrogens with two attached hydrogens (primary N) is 1. The van der Waals surface area contributed by atoms with Crippen LogP contribution in [0, 0.1) is 5.92 Å². The van der Waals surface area contributed by atoms with Crippen LogP contribution in [0.5, 0.6) is 0 Å². The minimum absolute atomic E-state index is 0.0560. The maximum atomic E-state index is 11.8. The molecule has 0 aliphatic rings. The quantitative estimate of drug-likeness (QED) is 0.691. The first kappa shape index (κ1) is 14.1. The lowest BCUT2D eigenvalue weighted by molar-refractivity contribution is 0.666. The van der Waals surface area contributed by atoms with Gasteiger partial charge in [0.05, 0.1) is 5.69 Å². The monoisotopic (exact) mass is 296 g/mol. The van der Waals surface area contributed by atoms with Crippen LogP contribution in [0.25, 0.3) is 4.96 Å². The number of hydrogen-bond acceptors (Lipinski definition) is 5. The lowest BCUT2D eigenvalue weighted by Crippen LogP contribution is -2.14. The van der Waals surface area contributed by atoms with Gasteiger partial charge in [-0.15, -0.1) is 11.3 Å². The molecule has 0 saturated heterocycles. The van der Waals surface area contributed by atoms with Gasteiger partial charge in [0.15, 0.2) is 10.1 Å². The SMILES string of the molecule is CC(C)CN=C(N)SCc1cc(=O)n2ccsc2n1. The van der Waals surface area contributed by atoms with Gasteiger partial charge in [-0.3, -0.25) is 14.2 Å². The first-order chi connectivity index (χ1) is 9.06. The van der Waals surface area contributed by atoms with Crippen molar-refractivity contribution < 1.29 is 0 Å². The largest absolute Gasteiger partial charge is 0.379 e. The van der Waals surface area contributed by atoms with E-state index in [1.165, 1.54) is 27.5 Å². The third-order valence-electron chi connectivity index (χ3n) is 2.34. The number of aliphatic imine (C=N–C) groups is 1. The van der Waals surface area contributed by atoms with Crippen molar-refractivity contribution in [2.45, 2.75) is 19.6 Å². The third kappa shape index (κ3) is 3.81. The lowest BCUT2D eigenvalue weighted by Gasteiger charge is -2.03. The van der Waals surface area contributed by atoms with E-state index in [1.807, 2.05) is 5.38 Å². The van der Waals surface area contributed by atoms with Gasteiger partial charge in [0, 0.05) is 29.9 Å². The molecule has 0 aromatic carbocycles. The summed E-state index contributed by atoms with van der Waals surface area (Å²) in [6, 6.07) is 1.54. The summed E-state index contributed by atoms with van der Waals surface area (Å²) in [6.07, 6.45) is 1.73. The van der Waals surface area contributed by atoms with E-state index in [0.29, 0.717) is 21.8 Å². The van der Waals surface area contributed by atoms with Crippen LogP contribution < -0.4 is 11.3 Å². The van der Waals surface area contributed by atoms with Gasteiger partial charge in [-0.05, 0) is 5.92 Å². The van der Waals surface area contributed by atoms with E-state index in [-0.39, 0.29) is 5.56 Å². The molecule has 0 spiro atoms. The summed E-state index contributed by atoms with van der Waals surface area (Å²) < 4.78 is 1.54. The minimum Gasteiger partial charge on any atom is -0.379 e. The summed E-state index contributed by atoms with van der Waals surface area (Å²) in [7, 11) is 0. The van der Waals surface area contributed by atoms with Gasteiger partial charge in [0.25, 0.3) is 5.56 Å². The molecule has 0 bridgehead atoms. The Kier molecular flexibility index (Phi) is 4.60. The van der Waals surface area contributed by atoms with Crippen LogP contribution in [0.15, 0.2) is 27.4 Å². The van der Waals surface area contributed by atoms with Crippen LogP contribution >= 0.6 is 23.1 Å². The first-order valence-corrected chi connectivity index (χ1v) is 7.81. The molecule has 0 aliphatic carbocycles. The van der Waals surface area contributed by atoms with E-state index < -0.39 is 0 Å². The molecule has 19 heavy (non-hydrogen) atoms. The smallest absolute Gasteiger partial charge is 0.258 e. The van der Waals surface area contributed by atoms with Crippen LogP contribution in [0.2, 0.25) is 0 Å². The summed E-state index contributed by atoms with van der Waals surface area (Å²) in [5.74, 6) is 1.06. The Morgan fingerprint density at radius 1 is 1.63 bits per heavy atom. The van der Waals surface area contributed by atoms with Crippen molar-refractivity contribution >= 4 is 33.2 Å². The molecule has 2 aromatic rings. The fourth-order valence-corrected chi connectivity index (χ4v) is 2.78. The van der Waals surface area contributed by atoms with Crippen molar-refractivity contribution in [3.63, 3.8) is 0 Å². The maximum Gasteiger partial charge on any atom is 0.258 e. The fraction of sp³-hybridized carbons (Fsp3) is 0.417. The zero-order valence-electron chi connectivity index (χ0n) is 10.9. The Labute approximate surface area is 119 Å². The van der Waals surface area contributed by atoms with Crippen molar-refractivity contribution in [2.24, 2.45) is 16.6 Å². The van der Waals surface area contributed by atoms with Crippen molar-refractivity contribution in [1.82, 2.24) is 9.38 Å².